The fraction of sp³-hybridized carbons (Fsp3) is 0.429. The molecule has 2 amide bonds. The zero-order valence-electron chi connectivity index (χ0n) is 16.8. The number of halogens is 1. The number of carbonyl (C=O) groups is 4. The predicted molar refractivity (Wildman–Crippen MR) is 107 cm³/mol. The Morgan fingerprint density at radius 1 is 1.17 bits per heavy atom. The van der Waals surface area contributed by atoms with Crippen LogP contribution in [0.4, 0.5) is 4.79 Å². The molecule has 1 aromatic rings. The minimum absolute atomic E-state index is 0.0985. The van der Waals surface area contributed by atoms with Crippen LogP contribution < -0.4 is 0 Å². The number of ketones is 1. The van der Waals surface area contributed by atoms with Crippen molar-refractivity contribution >= 4 is 35.4 Å². The van der Waals surface area contributed by atoms with E-state index in [0.29, 0.717) is 10.6 Å². The van der Waals surface area contributed by atoms with E-state index >= 15 is 0 Å². The smallest absolute Gasteiger partial charge is 0.417 e. The Kier molecular flexibility index (Phi) is 7.19. The van der Waals surface area contributed by atoms with E-state index in [1.54, 1.807) is 52.0 Å². The Morgan fingerprint density at radius 3 is 2.34 bits per heavy atom. The zero-order valence-corrected chi connectivity index (χ0v) is 17.6. The topological polar surface area (TPSA) is 90.0 Å². The molecule has 0 spiro atoms. The van der Waals surface area contributed by atoms with E-state index in [-0.39, 0.29) is 18.8 Å². The molecule has 2 atom stereocenters. The average Bonchev–Trinajstić information content (AvgIpc) is 3.00. The number of amides is 2. The molecule has 0 fully saturated rings. The van der Waals surface area contributed by atoms with Crippen molar-refractivity contribution in [1.29, 1.82) is 0 Å². The third-order valence-electron chi connectivity index (χ3n) is 4.13. The summed E-state index contributed by atoms with van der Waals surface area (Å²) in [7, 11) is 0. The summed E-state index contributed by atoms with van der Waals surface area (Å²) >= 11 is 5.85. The molecule has 1 heterocycles. The van der Waals surface area contributed by atoms with Gasteiger partial charge in [0, 0.05) is 23.1 Å². The van der Waals surface area contributed by atoms with Crippen LogP contribution in [-0.4, -0.2) is 46.9 Å². The first-order chi connectivity index (χ1) is 13.5. The largest absolute Gasteiger partial charge is 0.466 e. The maximum absolute atomic E-state index is 12.7. The van der Waals surface area contributed by atoms with Crippen LogP contribution >= 0.6 is 11.6 Å². The number of imide groups is 1. The first-order valence-electron chi connectivity index (χ1n) is 9.23. The summed E-state index contributed by atoms with van der Waals surface area (Å²) in [5, 5.41) is 0.476. The Hall–Kier alpha value is -2.67. The van der Waals surface area contributed by atoms with Crippen LogP contribution in [0.25, 0.3) is 0 Å². The second-order valence-electron chi connectivity index (χ2n) is 7.53. The number of carbonyl (C=O) groups excluding carboxylic acids is 4. The molecule has 0 aromatic heterocycles. The van der Waals surface area contributed by atoms with Gasteiger partial charge in [0.2, 0.25) is 0 Å². The lowest BCUT2D eigenvalue weighted by Crippen LogP contribution is -2.48. The lowest BCUT2D eigenvalue weighted by Gasteiger charge is -2.30. The van der Waals surface area contributed by atoms with Gasteiger partial charge < -0.3 is 9.47 Å². The van der Waals surface area contributed by atoms with Crippen LogP contribution in [-0.2, 0) is 19.1 Å². The van der Waals surface area contributed by atoms with Crippen LogP contribution in [0, 0.1) is 5.92 Å². The highest BCUT2D eigenvalue weighted by atomic mass is 35.5. The van der Waals surface area contributed by atoms with Gasteiger partial charge in [0.1, 0.15) is 5.60 Å². The molecule has 0 bridgehead atoms. The van der Waals surface area contributed by atoms with Crippen molar-refractivity contribution in [3.63, 3.8) is 0 Å². The number of benzene rings is 1. The summed E-state index contributed by atoms with van der Waals surface area (Å²) in [5.41, 5.74) is -0.468. The number of esters is 1. The molecule has 0 unspecified atom stereocenters. The minimum atomic E-state index is -1.06. The molecule has 2 rings (SSSR count). The van der Waals surface area contributed by atoms with Crippen molar-refractivity contribution < 1.29 is 28.7 Å². The molecular weight excluding hydrogens is 398 g/mol. The van der Waals surface area contributed by atoms with Gasteiger partial charge in [0.25, 0.3) is 5.91 Å². The highest BCUT2D eigenvalue weighted by molar-refractivity contribution is 6.30. The van der Waals surface area contributed by atoms with Gasteiger partial charge in [-0.15, -0.1) is 0 Å². The Bertz CT molecular complexity index is 825. The first kappa shape index (κ1) is 22.6. The van der Waals surface area contributed by atoms with Crippen molar-refractivity contribution in [2.75, 3.05) is 6.61 Å². The summed E-state index contributed by atoms with van der Waals surface area (Å²) in [6.07, 6.45) is 1.48. The standard InChI is InChI=1S/C21H24ClNO6/c1-5-28-19(26)15(12-17(24)13-6-8-14(22)9-7-13)16-10-11-18(25)23(16)20(27)29-21(2,3)4/h6-11,15-16H,5,12H2,1-4H3/t15-,16-/m1/s1. The fourth-order valence-electron chi connectivity index (χ4n) is 2.88. The van der Waals surface area contributed by atoms with Gasteiger partial charge in [-0.1, -0.05) is 17.7 Å². The number of hydrogen-bond donors (Lipinski definition) is 0. The fourth-order valence-corrected chi connectivity index (χ4v) is 3.00. The molecular formula is C21H24ClNO6. The van der Waals surface area contributed by atoms with Crippen LogP contribution in [0.5, 0.6) is 0 Å². The van der Waals surface area contributed by atoms with Crippen molar-refractivity contribution in [1.82, 2.24) is 4.90 Å². The third-order valence-corrected chi connectivity index (χ3v) is 4.39. The van der Waals surface area contributed by atoms with E-state index in [4.69, 9.17) is 21.1 Å². The van der Waals surface area contributed by atoms with Crippen LogP contribution in [0.1, 0.15) is 44.5 Å². The maximum Gasteiger partial charge on any atom is 0.417 e. The quantitative estimate of drug-likeness (QED) is 0.512. The van der Waals surface area contributed by atoms with Crippen molar-refractivity contribution in [3.05, 3.63) is 47.0 Å². The summed E-state index contributed by atoms with van der Waals surface area (Å²) in [4.78, 5) is 51.0. The van der Waals surface area contributed by atoms with E-state index < -0.39 is 35.5 Å². The summed E-state index contributed by atoms with van der Waals surface area (Å²) in [6, 6.07) is 5.26. The molecule has 0 saturated carbocycles. The number of nitrogens with zero attached hydrogens (tertiary/aromatic N) is 1. The molecule has 0 aliphatic carbocycles. The van der Waals surface area contributed by atoms with E-state index in [1.807, 2.05) is 0 Å². The maximum atomic E-state index is 12.7. The van der Waals surface area contributed by atoms with Gasteiger partial charge in [-0.3, -0.25) is 14.4 Å². The molecule has 1 aliphatic rings. The number of Topliss-reactive ketones (excluding diaryl/α,β-unsaturated/α-hetero) is 1. The molecule has 156 valence electrons. The summed E-state index contributed by atoms with van der Waals surface area (Å²) < 4.78 is 10.4. The molecule has 0 radical (unpaired) electrons. The molecule has 8 heteroatoms. The first-order valence-corrected chi connectivity index (χ1v) is 9.61. The van der Waals surface area contributed by atoms with Gasteiger partial charge >= 0.3 is 12.1 Å². The lowest BCUT2D eigenvalue weighted by atomic mass is 9.91. The van der Waals surface area contributed by atoms with Gasteiger partial charge in [0.15, 0.2) is 5.78 Å². The second-order valence-corrected chi connectivity index (χ2v) is 7.97. The molecule has 0 saturated heterocycles. The highest BCUT2D eigenvalue weighted by Crippen LogP contribution is 2.27. The van der Waals surface area contributed by atoms with E-state index in [2.05, 4.69) is 0 Å². The van der Waals surface area contributed by atoms with Crippen molar-refractivity contribution in [2.45, 2.75) is 45.8 Å². The molecule has 7 nitrogen and oxygen atoms in total. The van der Waals surface area contributed by atoms with Gasteiger partial charge in [-0.2, -0.15) is 0 Å². The predicted octanol–water partition coefficient (Wildman–Crippen LogP) is 3.79. The number of rotatable bonds is 6. The van der Waals surface area contributed by atoms with Crippen molar-refractivity contribution in [2.24, 2.45) is 5.92 Å². The normalized spacial score (nSPS) is 17.2. The van der Waals surface area contributed by atoms with Crippen molar-refractivity contribution in [3.8, 4) is 0 Å². The minimum Gasteiger partial charge on any atom is -0.466 e. The molecule has 0 N–H and O–H groups in total. The highest BCUT2D eigenvalue weighted by Gasteiger charge is 2.43. The zero-order chi connectivity index (χ0) is 21.8. The third kappa shape index (κ3) is 5.90. The van der Waals surface area contributed by atoms with Gasteiger partial charge in [-0.05, 0) is 52.0 Å². The second kappa shape index (κ2) is 9.22. The summed E-state index contributed by atoms with van der Waals surface area (Å²) in [5.74, 6) is -2.69. The number of ether oxygens (including phenoxy) is 2. The molecule has 1 aromatic carbocycles. The van der Waals surface area contributed by atoms with Crippen LogP contribution in [0.3, 0.4) is 0 Å². The van der Waals surface area contributed by atoms with E-state index in [0.717, 1.165) is 4.90 Å². The van der Waals surface area contributed by atoms with E-state index in [1.165, 1.54) is 12.2 Å². The molecule has 1 aliphatic heterocycles. The molecule has 29 heavy (non-hydrogen) atoms. The average molecular weight is 422 g/mol. The van der Waals surface area contributed by atoms with Gasteiger partial charge in [0.05, 0.1) is 18.6 Å². The summed E-state index contributed by atoms with van der Waals surface area (Å²) in [6.45, 7) is 6.74. The SMILES string of the molecule is CCOC(=O)[C@H](CC(=O)c1ccc(Cl)cc1)[C@H]1C=CC(=O)N1C(=O)OC(C)(C)C. The Morgan fingerprint density at radius 2 is 1.79 bits per heavy atom. The van der Waals surface area contributed by atoms with Crippen LogP contribution in [0.2, 0.25) is 5.02 Å². The Labute approximate surface area is 174 Å². The monoisotopic (exact) mass is 421 g/mol. The van der Waals surface area contributed by atoms with E-state index in [9.17, 15) is 19.2 Å². The van der Waals surface area contributed by atoms with Gasteiger partial charge in [-0.25, -0.2) is 9.69 Å². The Balaban J connectivity index is 2.30. The number of hydrogen-bond acceptors (Lipinski definition) is 6. The lowest BCUT2D eigenvalue weighted by molar-refractivity contribution is -0.150. The van der Waals surface area contributed by atoms with Crippen LogP contribution in [0.15, 0.2) is 36.4 Å².